The Kier molecular flexibility index (Phi) is 3.92. The molecule has 1 aliphatic rings. The zero-order valence-electron chi connectivity index (χ0n) is 10.5. The Morgan fingerprint density at radius 3 is 2.60 bits per heavy atom. The van der Waals surface area contributed by atoms with E-state index in [4.69, 9.17) is 5.21 Å². The highest BCUT2D eigenvalue weighted by Crippen LogP contribution is 2.22. The van der Waals surface area contributed by atoms with Crippen molar-refractivity contribution in [1.29, 1.82) is 0 Å². The molecule has 1 aromatic rings. The topological polar surface area (TPSA) is 96.0 Å². The summed E-state index contributed by atoms with van der Waals surface area (Å²) < 4.78 is 13.2. The van der Waals surface area contributed by atoms with Crippen molar-refractivity contribution in [3.63, 3.8) is 0 Å². The van der Waals surface area contributed by atoms with Crippen LogP contribution in [0.25, 0.3) is 0 Å². The Morgan fingerprint density at radius 1 is 1.40 bits per heavy atom. The molecule has 1 amide bonds. The van der Waals surface area contributed by atoms with Crippen LogP contribution >= 0.6 is 0 Å². The maximum Gasteiger partial charge on any atom is 0.282 e. The summed E-state index contributed by atoms with van der Waals surface area (Å²) in [6.45, 7) is 0.567. The van der Waals surface area contributed by atoms with E-state index in [9.17, 15) is 19.3 Å². The molecule has 1 aliphatic heterocycles. The third-order valence-corrected chi connectivity index (χ3v) is 3.15. The van der Waals surface area contributed by atoms with Crippen LogP contribution in [-0.4, -0.2) is 39.7 Å². The van der Waals surface area contributed by atoms with Gasteiger partial charge in [0.15, 0.2) is 0 Å². The van der Waals surface area contributed by atoms with E-state index in [0.29, 0.717) is 18.6 Å². The summed E-state index contributed by atoms with van der Waals surface area (Å²) in [5, 5.41) is 22.6. The number of halogens is 1. The first-order valence-electron chi connectivity index (χ1n) is 5.96. The average molecular weight is 281 g/mol. The van der Waals surface area contributed by atoms with Gasteiger partial charge < -0.3 is 10.1 Å². The zero-order chi connectivity index (χ0) is 14.7. The molecule has 7 nitrogen and oxygen atoms in total. The molecule has 0 aliphatic carbocycles. The fourth-order valence-electron chi connectivity index (χ4n) is 2.08. The maximum atomic E-state index is 13.2. The normalized spacial score (nSPS) is 15.1. The number of nitrogens with zero attached hydrogens (tertiary/aromatic N) is 3. The zero-order valence-corrected chi connectivity index (χ0v) is 10.5. The van der Waals surface area contributed by atoms with Gasteiger partial charge in [-0.1, -0.05) is 5.16 Å². The van der Waals surface area contributed by atoms with Crippen molar-refractivity contribution >= 4 is 17.3 Å². The first-order valence-corrected chi connectivity index (χ1v) is 5.96. The van der Waals surface area contributed by atoms with Crippen LogP contribution in [0.4, 0.5) is 10.1 Å². The van der Waals surface area contributed by atoms with E-state index in [0.717, 1.165) is 18.2 Å². The summed E-state index contributed by atoms with van der Waals surface area (Å²) in [5.41, 5.74) is -0.111. The van der Waals surface area contributed by atoms with Gasteiger partial charge in [-0.05, 0) is 12.1 Å². The molecular weight excluding hydrogens is 269 g/mol. The van der Waals surface area contributed by atoms with E-state index in [2.05, 4.69) is 5.16 Å². The maximum absolute atomic E-state index is 13.2. The number of oxime groups is 1. The number of piperidine rings is 1. The molecule has 1 aromatic carbocycles. The minimum Gasteiger partial charge on any atom is -0.411 e. The van der Waals surface area contributed by atoms with E-state index in [1.165, 1.54) is 4.90 Å². The van der Waals surface area contributed by atoms with E-state index in [1.54, 1.807) is 0 Å². The second-order valence-corrected chi connectivity index (χ2v) is 4.38. The number of hydrogen-bond donors (Lipinski definition) is 1. The van der Waals surface area contributed by atoms with E-state index in [-0.39, 0.29) is 18.7 Å². The summed E-state index contributed by atoms with van der Waals surface area (Å²) in [5.74, 6) is -1.29. The molecule has 106 valence electrons. The van der Waals surface area contributed by atoms with Crippen molar-refractivity contribution in [2.75, 3.05) is 13.1 Å². The van der Waals surface area contributed by atoms with Crippen LogP contribution in [0.15, 0.2) is 23.4 Å². The molecule has 1 N–H and O–H groups in total. The molecule has 0 aromatic heterocycles. The Morgan fingerprint density at radius 2 is 2.05 bits per heavy atom. The monoisotopic (exact) mass is 281 g/mol. The molecule has 8 heteroatoms. The Labute approximate surface area is 113 Å². The van der Waals surface area contributed by atoms with Gasteiger partial charge in [-0.2, -0.15) is 0 Å². The fraction of sp³-hybridized carbons (Fsp3) is 0.333. The molecule has 2 rings (SSSR count). The lowest BCUT2D eigenvalue weighted by atomic mass is 10.1. The van der Waals surface area contributed by atoms with Gasteiger partial charge in [-0.15, -0.1) is 0 Å². The average Bonchev–Trinajstić information content (AvgIpc) is 2.46. The Bertz CT molecular complexity index is 578. The second kappa shape index (κ2) is 5.64. The molecule has 1 fully saturated rings. The molecule has 0 bridgehead atoms. The van der Waals surface area contributed by atoms with E-state index in [1.807, 2.05) is 0 Å². The molecule has 0 radical (unpaired) electrons. The number of likely N-dealkylation sites (tertiary alicyclic amines) is 1. The highest BCUT2D eigenvalue weighted by molar-refractivity contribution is 5.99. The number of rotatable bonds is 2. The number of carbonyl (C=O) groups excluding carboxylic acids is 1. The Balaban J connectivity index is 2.25. The number of hydrogen-bond acceptors (Lipinski definition) is 5. The standard InChI is InChI=1S/C12H12FN3O4/c13-8-1-2-11(16(19)20)10(7-8)12(17)15-5-3-9(14-18)4-6-15/h1-2,7,18H,3-6H2. The van der Waals surface area contributed by atoms with Crippen LogP contribution in [0.1, 0.15) is 23.2 Å². The van der Waals surface area contributed by atoms with Crippen LogP contribution < -0.4 is 0 Å². The van der Waals surface area contributed by atoms with Gasteiger partial charge in [0.05, 0.1) is 10.6 Å². The quantitative estimate of drug-likeness (QED) is 0.508. The lowest BCUT2D eigenvalue weighted by Gasteiger charge is -2.27. The lowest BCUT2D eigenvalue weighted by Crippen LogP contribution is -2.39. The Hall–Kier alpha value is -2.51. The van der Waals surface area contributed by atoms with Crippen molar-refractivity contribution in [2.45, 2.75) is 12.8 Å². The van der Waals surface area contributed by atoms with Crippen LogP contribution in [-0.2, 0) is 0 Å². The minimum absolute atomic E-state index is 0.264. The number of nitro groups is 1. The van der Waals surface area contributed by atoms with Crippen LogP contribution in [0, 0.1) is 15.9 Å². The molecule has 1 heterocycles. The number of nitro benzene ring substituents is 1. The fourth-order valence-corrected chi connectivity index (χ4v) is 2.08. The van der Waals surface area contributed by atoms with E-state index >= 15 is 0 Å². The van der Waals surface area contributed by atoms with Crippen molar-refractivity contribution in [1.82, 2.24) is 4.90 Å². The second-order valence-electron chi connectivity index (χ2n) is 4.38. The van der Waals surface area contributed by atoms with Gasteiger partial charge in [0.1, 0.15) is 11.4 Å². The molecule has 0 unspecified atom stereocenters. The van der Waals surface area contributed by atoms with Crippen LogP contribution in [0.2, 0.25) is 0 Å². The summed E-state index contributed by atoms with van der Waals surface area (Å²) in [7, 11) is 0. The lowest BCUT2D eigenvalue weighted by molar-refractivity contribution is -0.385. The predicted octanol–water partition coefficient (Wildman–Crippen LogP) is 1.80. The molecule has 0 atom stereocenters. The smallest absolute Gasteiger partial charge is 0.282 e. The van der Waals surface area contributed by atoms with E-state index < -0.39 is 22.3 Å². The van der Waals surface area contributed by atoms with Crippen LogP contribution in [0.5, 0.6) is 0 Å². The van der Waals surface area contributed by atoms with Gasteiger partial charge in [-0.3, -0.25) is 14.9 Å². The van der Waals surface area contributed by atoms with Crippen molar-refractivity contribution in [3.05, 3.63) is 39.7 Å². The summed E-state index contributed by atoms with van der Waals surface area (Å²) >= 11 is 0. The number of benzene rings is 1. The highest BCUT2D eigenvalue weighted by Gasteiger charge is 2.27. The van der Waals surface area contributed by atoms with Gasteiger partial charge in [0.25, 0.3) is 11.6 Å². The first kappa shape index (κ1) is 13.9. The number of carbonyl (C=O) groups is 1. The van der Waals surface area contributed by atoms with Crippen molar-refractivity contribution in [3.8, 4) is 0 Å². The first-order chi connectivity index (χ1) is 9.52. The summed E-state index contributed by atoms with van der Waals surface area (Å²) in [4.78, 5) is 23.8. The van der Waals surface area contributed by atoms with Gasteiger partial charge in [-0.25, -0.2) is 4.39 Å². The van der Waals surface area contributed by atoms with Gasteiger partial charge in [0.2, 0.25) is 0 Å². The van der Waals surface area contributed by atoms with Crippen LogP contribution in [0.3, 0.4) is 0 Å². The van der Waals surface area contributed by atoms with Gasteiger partial charge >= 0.3 is 0 Å². The summed E-state index contributed by atoms with van der Waals surface area (Å²) in [6, 6.07) is 2.80. The highest BCUT2D eigenvalue weighted by atomic mass is 19.1. The third kappa shape index (κ3) is 2.73. The largest absolute Gasteiger partial charge is 0.411 e. The molecule has 1 saturated heterocycles. The van der Waals surface area contributed by atoms with Gasteiger partial charge in [0, 0.05) is 32.0 Å². The molecule has 0 saturated carbocycles. The molecule has 0 spiro atoms. The minimum atomic E-state index is -0.711. The summed E-state index contributed by atoms with van der Waals surface area (Å²) in [6.07, 6.45) is 0.788. The third-order valence-electron chi connectivity index (χ3n) is 3.15. The van der Waals surface area contributed by atoms with Crippen molar-refractivity contribution in [2.24, 2.45) is 5.16 Å². The number of amides is 1. The van der Waals surface area contributed by atoms with Crippen molar-refractivity contribution < 1.29 is 19.3 Å². The SMILES string of the molecule is O=C(c1cc(F)ccc1[N+](=O)[O-])N1CCC(=NO)CC1. The predicted molar refractivity (Wildman–Crippen MR) is 67.4 cm³/mol. The molecule has 20 heavy (non-hydrogen) atoms. The molecular formula is C12H12FN3O4.